The van der Waals surface area contributed by atoms with E-state index < -0.39 is 10.2 Å². The Kier molecular flexibility index (Phi) is 5.68. The van der Waals surface area contributed by atoms with Gasteiger partial charge in [0, 0.05) is 38.1 Å². The SMILES string of the molecule is COc1ccc(C2CN(S(=O)(=O)N3CCCCC3)CC2N(C)C)cc1. The maximum absolute atomic E-state index is 13.0. The van der Waals surface area contributed by atoms with Gasteiger partial charge in [0.15, 0.2) is 0 Å². The molecule has 0 saturated carbocycles. The highest BCUT2D eigenvalue weighted by atomic mass is 32.2. The van der Waals surface area contributed by atoms with E-state index in [1.54, 1.807) is 15.7 Å². The molecule has 0 spiro atoms. The van der Waals surface area contributed by atoms with Crippen molar-refractivity contribution in [3.8, 4) is 5.75 Å². The number of rotatable bonds is 5. The van der Waals surface area contributed by atoms with Crippen LogP contribution in [0.3, 0.4) is 0 Å². The quantitative estimate of drug-likeness (QED) is 0.796. The number of likely N-dealkylation sites (N-methyl/N-ethyl adjacent to an activating group) is 1. The Balaban J connectivity index is 1.82. The van der Waals surface area contributed by atoms with Gasteiger partial charge in [-0.2, -0.15) is 17.0 Å². The third-order valence-electron chi connectivity index (χ3n) is 5.43. The first-order valence-electron chi connectivity index (χ1n) is 8.99. The summed E-state index contributed by atoms with van der Waals surface area (Å²) in [6.07, 6.45) is 3.05. The first-order valence-corrected chi connectivity index (χ1v) is 10.4. The van der Waals surface area contributed by atoms with Crippen LogP contribution in [0.15, 0.2) is 24.3 Å². The zero-order valence-electron chi connectivity index (χ0n) is 15.4. The molecule has 0 bridgehead atoms. The van der Waals surface area contributed by atoms with Crippen molar-refractivity contribution in [2.75, 3.05) is 47.4 Å². The van der Waals surface area contributed by atoms with E-state index in [-0.39, 0.29) is 12.0 Å². The zero-order valence-corrected chi connectivity index (χ0v) is 16.2. The molecule has 0 radical (unpaired) electrons. The van der Waals surface area contributed by atoms with E-state index >= 15 is 0 Å². The zero-order chi connectivity index (χ0) is 18.0. The summed E-state index contributed by atoms with van der Waals surface area (Å²) in [6, 6.07) is 8.18. The van der Waals surface area contributed by atoms with Crippen LogP contribution in [0.5, 0.6) is 5.75 Å². The number of nitrogens with zero attached hydrogens (tertiary/aromatic N) is 3. The van der Waals surface area contributed by atoms with Gasteiger partial charge in [-0.3, -0.25) is 0 Å². The summed E-state index contributed by atoms with van der Waals surface area (Å²) in [4.78, 5) is 2.14. The van der Waals surface area contributed by atoms with Gasteiger partial charge in [0.1, 0.15) is 5.75 Å². The summed E-state index contributed by atoms with van der Waals surface area (Å²) >= 11 is 0. The third-order valence-corrected chi connectivity index (χ3v) is 7.40. The molecule has 2 atom stereocenters. The van der Waals surface area contributed by atoms with Gasteiger partial charge >= 0.3 is 0 Å². The lowest BCUT2D eigenvalue weighted by atomic mass is 9.94. The molecule has 2 fully saturated rings. The molecule has 7 heteroatoms. The standard InChI is InChI=1S/C18H29N3O3S/c1-19(2)18-14-21(25(22,23)20-11-5-4-6-12-20)13-17(18)15-7-9-16(24-3)10-8-15/h7-10,17-18H,4-6,11-14H2,1-3H3. The Labute approximate surface area is 151 Å². The molecule has 3 rings (SSSR count). The van der Waals surface area contributed by atoms with Crippen molar-refractivity contribution in [3.05, 3.63) is 29.8 Å². The number of ether oxygens (including phenoxy) is 1. The van der Waals surface area contributed by atoms with Crippen LogP contribution >= 0.6 is 0 Å². The Morgan fingerprint density at radius 2 is 1.64 bits per heavy atom. The molecule has 2 heterocycles. The monoisotopic (exact) mass is 367 g/mol. The minimum atomic E-state index is -3.37. The third kappa shape index (κ3) is 3.84. The van der Waals surface area contributed by atoms with Crippen LogP contribution in [0.4, 0.5) is 0 Å². The second-order valence-corrected chi connectivity index (χ2v) is 9.12. The van der Waals surface area contributed by atoms with Crippen LogP contribution in [0.25, 0.3) is 0 Å². The molecule has 25 heavy (non-hydrogen) atoms. The molecule has 0 amide bonds. The highest BCUT2D eigenvalue weighted by Crippen LogP contribution is 2.33. The minimum absolute atomic E-state index is 0.167. The Hall–Kier alpha value is -1.15. The number of methoxy groups -OCH3 is 1. The Morgan fingerprint density at radius 1 is 1.00 bits per heavy atom. The van der Waals surface area contributed by atoms with Crippen LogP contribution < -0.4 is 4.74 Å². The molecular weight excluding hydrogens is 338 g/mol. The van der Waals surface area contributed by atoms with Crippen LogP contribution in [0, 0.1) is 0 Å². The fraction of sp³-hybridized carbons (Fsp3) is 0.667. The first-order chi connectivity index (χ1) is 11.9. The molecule has 1 aromatic carbocycles. The topological polar surface area (TPSA) is 53.1 Å². The minimum Gasteiger partial charge on any atom is -0.497 e. The number of piperidine rings is 1. The van der Waals surface area contributed by atoms with Crippen molar-refractivity contribution in [2.45, 2.75) is 31.2 Å². The van der Waals surface area contributed by atoms with Gasteiger partial charge in [0.25, 0.3) is 10.2 Å². The first kappa shape index (κ1) is 18.6. The Bertz CT molecular complexity index is 669. The van der Waals surface area contributed by atoms with E-state index in [0.29, 0.717) is 26.2 Å². The van der Waals surface area contributed by atoms with E-state index in [1.807, 2.05) is 26.2 Å². The van der Waals surface area contributed by atoms with Crippen LogP contribution in [0.2, 0.25) is 0 Å². The van der Waals surface area contributed by atoms with E-state index in [0.717, 1.165) is 30.6 Å². The number of hydrogen-bond donors (Lipinski definition) is 0. The molecular formula is C18H29N3O3S. The maximum atomic E-state index is 13.0. The van der Waals surface area contributed by atoms with E-state index in [4.69, 9.17) is 4.74 Å². The smallest absolute Gasteiger partial charge is 0.282 e. The molecule has 2 aliphatic heterocycles. The van der Waals surface area contributed by atoms with Gasteiger partial charge in [0.05, 0.1) is 7.11 Å². The molecule has 0 aliphatic carbocycles. The van der Waals surface area contributed by atoms with Crippen LogP contribution in [-0.2, 0) is 10.2 Å². The normalized spacial score (nSPS) is 26.2. The van der Waals surface area contributed by atoms with Gasteiger partial charge in [-0.25, -0.2) is 0 Å². The van der Waals surface area contributed by atoms with E-state index in [1.165, 1.54) is 0 Å². The summed E-state index contributed by atoms with van der Waals surface area (Å²) in [7, 11) is 2.34. The number of hydrogen-bond acceptors (Lipinski definition) is 4. The van der Waals surface area contributed by atoms with Gasteiger partial charge in [-0.15, -0.1) is 0 Å². The highest BCUT2D eigenvalue weighted by molar-refractivity contribution is 7.86. The summed E-state index contributed by atoms with van der Waals surface area (Å²) in [5, 5.41) is 0. The fourth-order valence-electron chi connectivity index (χ4n) is 3.90. The van der Waals surface area contributed by atoms with Crippen molar-refractivity contribution in [3.63, 3.8) is 0 Å². The van der Waals surface area contributed by atoms with Gasteiger partial charge in [-0.1, -0.05) is 18.6 Å². The summed E-state index contributed by atoms with van der Waals surface area (Å²) < 4.78 is 34.7. The Morgan fingerprint density at radius 3 is 2.20 bits per heavy atom. The molecule has 2 aliphatic rings. The summed E-state index contributed by atoms with van der Waals surface area (Å²) in [5.41, 5.74) is 1.16. The van der Waals surface area contributed by atoms with Crippen molar-refractivity contribution in [1.82, 2.24) is 13.5 Å². The largest absolute Gasteiger partial charge is 0.497 e. The van der Waals surface area contributed by atoms with E-state index in [9.17, 15) is 8.42 Å². The number of benzene rings is 1. The average molecular weight is 368 g/mol. The molecule has 0 N–H and O–H groups in total. The maximum Gasteiger partial charge on any atom is 0.282 e. The van der Waals surface area contributed by atoms with E-state index in [2.05, 4.69) is 17.0 Å². The van der Waals surface area contributed by atoms with Gasteiger partial charge in [0.2, 0.25) is 0 Å². The predicted octanol–water partition coefficient (Wildman–Crippen LogP) is 1.76. The lowest BCUT2D eigenvalue weighted by Crippen LogP contribution is -2.46. The molecule has 2 unspecified atom stereocenters. The van der Waals surface area contributed by atoms with Crippen molar-refractivity contribution >= 4 is 10.2 Å². The summed E-state index contributed by atoms with van der Waals surface area (Å²) in [5.74, 6) is 0.987. The van der Waals surface area contributed by atoms with Gasteiger partial charge in [-0.05, 0) is 44.6 Å². The molecule has 2 saturated heterocycles. The lowest BCUT2D eigenvalue weighted by Gasteiger charge is -2.30. The van der Waals surface area contributed by atoms with Crippen LogP contribution in [0.1, 0.15) is 30.7 Å². The fourth-order valence-corrected chi connectivity index (χ4v) is 5.64. The summed E-state index contributed by atoms with van der Waals surface area (Å²) in [6.45, 7) is 2.38. The lowest BCUT2D eigenvalue weighted by molar-refractivity contribution is 0.278. The van der Waals surface area contributed by atoms with Crippen molar-refractivity contribution < 1.29 is 13.2 Å². The molecule has 1 aromatic rings. The van der Waals surface area contributed by atoms with Crippen LogP contribution in [-0.4, -0.2) is 75.4 Å². The molecule has 6 nitrogen and oxygen atoms in total. The molecule has 0 aromatic heterocycles. The van der Waals surface area contributed by atoms with Crippen molar-refractivity contribution in [1.29, 1.82) is 0 Å². The van der Waals surface area contributed by atoms with Gasteiger partial charge < -0.3 is 9.64 Å². The van der Waals surface area contributed by atoms with Crippen molar-refractivity contribution in [2.24, 2.45) is 0 Å². The second-order valence-electron chi connectivity index (χ2n) is 7.20. The molecule has 140 valence electrons. The average Bonchev–Trinajstić information content (AvgIpc) is 3.09. The predicted molar refractivity (Wildman–Crippen MR) is 99.1 cm³/mol. The highest BCUT2D eigenvalue weighted by Gasteiger charge is 2.42. The second kappa shape index (κ2) is 7.61.